The molecule has 32 heavy (non-hydrogen) atoms. The first kappa shape index (κ1) is 24.9. The number of nitrogens with one attached hydrogen (secondary N) is 1. The molecule has 1 aromatic heterocycles. The first-order chi connectivity index (χ1) is 15.3. The Hall–Kier alpha value is -1.73. The molecular formula is C23H25Cl3N4OS. The molecule has 3 rings (SSSR count). The molecule has 3 aromatic rings. The smallest absolute Gasteiger partial charge is 0.253 e. The third-order valence-electron chi connectivity index (χ3n) is 4.86. The van der Waals surface area contributed by atoms with Gasteiger partial charge in [-0.3, -0.25) is 4.79 Å². The molecule has 1 amide bonds. The summed E-state index contributed by atoms with van der Waals surface area (Å²) in [5.74, 6) is 1.53. The van der Waals surface area contributed by atoms with Gasteiger partial charge in [0.15, 0.2) is 11.0 Å². The highest BCUT2D eigenvalue weighted by Gasteiger charge is 2.25. The fraction of sp³-hybridized carbons (Fsp3) is 0.348. The Morgan fingerprint density at radius 3 is 2.47 bits per heavy atom. The first-order valence-electron chi connectivity index (χ1n) is 10.3. The Morgan fingerprint density at radius 1 is 1.06 bits per heavy atom. The van der Waals surface area contributed by atoms with Crippen molar-refractivity contribution in [3.05, 3.63) is 74.5 Å². The van der Waals surface area contributed by atoms with E-state index in [2.05, 4.69) is 29.4 Å². The van der Waals surface area contributed by atoms with Crippen LogP contribution in [-0.4, -0.2) is 20.7 Å². The van der Waals surface area contributed by atoms with Crippen molar-refractivity contribution in [3.8, 4) is 0 Å². The van der Waals surface area contributed by atoms with Gasteiger partial charge >= 0.3 is 0 Å². The van der Waals surface area contributed by atoms with Crippen LogP contribution >= 0.6 is 46.6 Å². The van der Waals surface area contributed by atoms with E-state index >= 15 is 0 Å². The third kappa shape index (κ3) is 6.19. The van der Waals surface area contributed by atoms with Crippen molar-refractivity contribution >= 4 is 52.5 Å². The van der Waals surface area contributed by atoms with Crippen LogP contribution in [0.3, 0.4) is 0 Å². The number of rotatable bonds is 9. The minimum atomic E-state index is -0.287. The molecule has 0 aliphatic carbocycles. The number of hydrogen-bond donors (Lipinski definition) is 1. The summed E-state index contributed by atoms with van der Waals surface area (Å²) in [4.78, 5) is 12.9. The van der Waals surface area contributed by atoms with E-state index in [4.69, 9.17) is 34.8 Å². The molecule has 170 valence electrons. The van der Waals surface area contributed by atoms with E-state index in [9.17, 15) is 4.79 Å². The number of nitrogens with zero attached hydrogens (tertiary/aromatic N) is 3. The minimum Gasteiger partial charge on any atom is -0.342 e. The highest BCUT2D eigenvalue weighted by molar-refractivity contribution is 7.98. The number of aromatic nitrogens is 3. The fourth-order valence-corrected chi connectivity index (χ4v) is 4.82. The normalized spacial score (nSPS) is 12.2. The molecule has 2 aromatic carbocycles. The maximum absolute atomic E-state index is 12.9. The van der Waals surface area contributed by atoms with Crippen LogP contribution < -0.4 is 5.32 Å². The molecule has 0 aliphatic heterocycles. The summed E-state index contributed by atoms with van der Waals surface area (Å²) in [6.07, 6.45) is 0.728. The lowest BCUT2D eigenvalue weighted by molar-refractivity contribution is 0.0929. The number of thioether (sulfide) groups is 1. The van der Waals surface area contributed by atoms with E-state index in [-0.39, 0.29) is 11.9 Å². The molecule has 9 heteroatoms. The zero-order chi connectivity index (χ0) is 23.3. The Bertz CT molecular complexity index is 1090. The van der Waals surface area contributed by atoms with Gasteiger partial charge in [-0.05, 0) is 49.1 Å². The minimum absolute atomic E-state index is 0.225. The lowest BCUT2D eigenvalue weighted by atomic mass is 10.0. The van der Waals surface area contributed by atoms with Gasteiger partial charge in [0.2, 0.25) is 0 Å². The second-order valence-electron chi connectivity index (χ2n) is 7.76. The molecule has 0 radical (unpaired) electrons. The molecule has 0 fully saturated rings. The van der Waals surface area contributed by atoms with Crippen molar-refractivity contribution in [3.63, 3.8) is 0 Å². The Balaban J connectivity index is 1.82. The van der Waals surface area contributed by atoms with Crippen LogP contribution in [0, 0.1) is 5.92 Å². The quantitative estimate of drug-likeness (QED) is 0.312. The van der Waals surface area contributed by atoms with Crippen molar-refractivity contribution in [2.24, 2.45) is 5.92 Å². The summed E-state index contributed by atoms with van der Waals surface area (Å²) in [6.45, 7) is 6.95. The predicted molar refractivity (Wildman–Crippen MR) is 133 cm³/mol. The number of benzene rings is 2. The molecule has 0 unspecified atom stereocenters. The van der Waals surface area contributed by atoms with Gasteiger partial charge in [-0.2, -0.15) is 0 Å². The van der Waals surface area contributed by atoms with Crippen LogP contribution in [0.5, 0.6) is 0 Å². The number of hydrogen-bond acceptors (Lipinski definition) is 4. The number of carbonyl (C=O) groups excluding carboxylic acids is 1. The van der Waals surface area contributed by atoms with Crippen LogP contribution in [0.15, 0.2) is 47.6 Å². The van der Waals surface area contributed by atoms with Gasteiger partial charge in [0.25, 0.3) is 5.91 Å². The first-order valence-corrected chi connectivity index (χ1v) is 12.5. The zero-order valence-electron chi connectivity index (χ0n) is 18.1. The van der Waals surface area contributed by atoms with Crippen LogP contribution in [0.1, 0.15) is 55.0 Å². The van der Waals surface area contributed by atoms with E-state index in [1.807, 2.05) is 23.6 Å². The molecule has 0 aliphatic rings. The second kappa shape index (κ2) is 11.4. The SMILES string of the molecule is CCn1c(SCc2ccc(Cl)c(Cl)c2)nnc1[C@H](CC(C)C)NC(=O)c1ccccc1Cl. The van der Waals surface area contributed by atoms with Crippen molar-refractivity contribution in [2.45, 2.75) is 50.7 Å². The number of halogens is 3. The van der Waals surface area contributed by atoms with E-state index < -0.39 is 0 Å². The summed E-state index contributed by atoms with van der Waals surface area (Å²) in [7, 11) is 0. The lowest BCUT2D eigenvalue weighted by Crippen LogP contribution is -2.31. The predicted octanol–water partition coefficient (Wildman–Crippen LogP) is 7.07. The van der Waals surface area contributed by atoms with E-state index in [0.717, 1.165) is 23.0 Å². The summed E-state index contributed by atoms with van der Waals surface area (Å²) in [6, 6.07) is 12.3. The van der Waals surface area contributed by atoms with Gasteiger partial charge in [0.05, 0.1) is 26.7 Å². The van der Waals surface area contributed by atoms with E-state index in [1.165, 1.54) is 0 Å². The molecule has 0 saturated carbocycles. The maximum atomic E-state index is 12.9. The molecule has 0 saturated heterocycles. The molecule has 1 N–H and O–H groups in total. The van der Waals surface area contributed by atoms with Crippen molar-refractivity contribution in [2.75, 3.05) is 0 Å². The van der Waals surface area contributed by atoms with Crippen LogP contribution in [0.25, 0.3) is 0 Å². The fourth-order valence-electron chi connectivity index (χ4n) is 3.32. The lowest BCUT2D eigenvalue weighted by Gasteiger charge is -2.21. The topological polar surface area (TPSA) is 59.8 Å². The Kier molecular flexibility index (Phi) is 8.88. The molecule has 1 atom stereocenters. The molecular weight excluding hydrogens is 487 g/mol. The number of carbonyl (C=O) groups is 1. The van der Waals surface area contributed by atoms with Crippen LogP contribution in [0.2, 0.25) is 15.1 Å². The second-order valence-corrected chi connectivity index (χ2v) is 9.92. The van der Waals surface area contributed by atoms with E-state index in [0.29, 0.717) is 38.8 Å². The van der Waals surface area contributed by atoms with Crippen LogP contribution in [0.4, 0.5) is 0 Å². The Labute approximate surface area is 207 Å². The number of amides is 1. The molecule has 1 heterocycles. The Morgan fingerprint density at radius 2 is 1.81 bits per heavy atom. The standard InChI is InChI=1S/C23H25Cl3N4OS/c1-4-30-21(28-29-23(30)32-13-15-9-10-18(25)19(26)12-15)20(11-14(2)3)27-22(31)16-7-5-6-8-17(16)24/h5-10,12,14,20H,4,11,13H2,1-3H3,(H,27,31)/t20-/m0/s1. The van der Waals surface area contributed by atoms with Gasteiger partial charge in [-0.1, -0.05) is 78.6 Å². The van der Waals surface area contributed by atoms with Crippen molar-refractivity contribution < 1.29 is 4.79 Å². The monoisotopic (exact) mass is 510 g/mol. The molecule has 0 bridgehead atoms. The summed E-state index contributed by atoms with van der Waals surface area (Å²) in [5.41, 5.74) is 1.49. The van der Waals surface area contributed by atoms with Gasteiger partial charge in [-0.25, -0.2) is 0 Å². The van der Waals surface area contributed by atoms with Gasteiger partial charge in [0, 0.05) is 12.3 Å². The summed E-state index contributed by atoms with van der Waals surface area (Å²) in [5, 5.41) is 14.2. The largest absolute Gasteiger partial charge is 0.342 e. The van der Waals surface area contributed by atoms with Crippen LogP contribution in [-0.2, 0) is 12.3 Å². The van der Waals surface area contributed by atoms with Gasteiger partial charge in [-0.15, -0.1) is 10.2 Å². The van der Waals surface area contributed by atoms with Crippen molar-refractivity contribution in [1.29, 1.82) is 0 Å². The third-order valence-corrected chi connectivity index (χ3v) is 6.96. The average Bonchev–Trinajstić information content (AvgIpc) is 3.17. The summed E-state index contributed by atoms with van der Waals surface area (Å²) >= 11 is 19.9. The highest BCUT2D eigenvalue weighted by atomic mass is 35.5. The van der Waals surface area contributed by atoms with Gasteiger partial charge < -0.3 is 9.88 Å². The maximum Gasteiger partial charge on any atom is 0.253 e. The van der Waals surface area contributed by atoms with Crippen molar-refractivity contribution in [1.82, 2.24) is 20.1 Å². The highest BCUT2D eigenvalue weighted by Crippen LogP contribution is 2.29. The summed E-state index contributed by atoms with van der Waals surface area (Å²) < 4.78 is 2.04. The molecule has 0 spiro atoms. The zero-order valence-corrected chi connectivity index (χ0v) is 21.2. The average molecular weight is 512 g/mol. The van der Waals surface area contributed by atoms with Gasteiger partial charge in [0.1, 0.15) is 0 Å². The molecule has 5 nitrogen and oxygen atoms in total. The van der Waals surface area contributed by atoms with E-state index in [1.54, 1.807) is 42.1 Å².